The maximum absolute atomic E-state index is 13.2. The molecule has 0 saturated heterocycles. The lowest BCUT2D eigenvalue weighted by atomic mass is 10.0. The van der Waals surface area contributed by atoms with E-state index in [2.05, 4.69) is 20.8 Å². The molecule has 0 unspecified atom stereocenters. The number of halogens is 1. The molecule has 0 aliphatic heterocycles. The minimum Gasteiger partial charge on any atom is -0.325 e. The molecule has 0 radical (unpaired) electrons. The van der Waals surface area contributed by atoms with E-state index < -0.39 is 5.82 Å². The number of hydrogen-bond donors (Lipinski definition) is 2. The third-order valence-electron chi connectivity index (χ3n) is 4.32. The van der Waals surface area contributed by atoms with Crippen LogP contribution in [0.25, 0.3) is 10.8 Å². The van der Waals surface area contributed by atoms with Crippen molar-refractivity contribution in [3.8, 4) is 0 Å². The van der Waals surface area contributed by atoms with Crippen LogP contribution in [0.2, 0.25) is 0 Å². The van der Waals surface area contributed by atoms with E-state index in [-0.39, 0.29) is 24.0 Å². The topological polar surface area (TPSA) is 84.0 Å². The highest BCUT2D eigenvalue weighted by Crippen LogP contribution is 2.26. The van der Waals surface area contributed by atoms with Crippen molar-refractivity contribution in [3.63, 3.8) is 0 Å². The lowest BCUT2D eigenvalue weighted by molar-refractivity contribution is -0.115. The van der Waals surface area contributed by atoms with Crippen molar-refractivity contribution in [3.05, 3.63) is 78.1 Å². The van der Waals surface area contributed by atoms with E-state index >= 15 is 0 Å². The molecule has 6 nitrogen and oxygen atoms in total. The zero-order valence-corrected chi connectivity index (χ0v) is 17.8. The predicted molar refractivity (Wildman–Crippen MR) is 122 cm³/mol. The molecule has 1 heterocycles. The number of thioether (sulfide) groups is 1. The summed E-state index contributed by atoms with van der Waals surface area (Å²) in [5.74, 6) is -0.798. The van der Waals surface area contributed by atoms with Crippen LogP contribution >= 0.6 is 23.1 Å². The first-order chi connectivity index (χ1) is 15.1. The van der Waals surface area contributed by atoms with Crippen LogP contribution in [-0.4, -0.2) is 27.8 Å². The average Bonchev–Trinajstić information content (AvgIpc) is 3.20. The number of carbonyl (C=O) groups excluding carboxylic acids is 2. The Morgan fingerprint density at radius 3 is 2.61 bits per heavy atom. The molecule has 0 bridgehead atoms. The zero-order chi connectivity index (χ0) is 21.6. The Hall–Kier alpha value is -3.30. The standard InChI is InChI=1S/C22H17FN4O2S2/c23-16-8-4-9-17(12-16)24-20(29)13-30-22-27-26-21(31-22)25-19(28)11-15-7-3-6-14-5-1-2-10-18(14)15/h1-10,12H,11,13H2,(H,24,29)(H,25,26,28). The van der Waals surface area contributed by atoms with Crippen molar-refractivity contribution >= 4 is 56.5 Å². The summed E-state index contributed by atoms with van der Waals surface area (Å²) in [6.45, 7) is 0. The third-order valence-corrected chi connectivity index (χ3v) is 6.29. The smallest absolute Gasteiger partial charge is 0.234 e. The Bertz CT molecular complexity index is 1240. The highest BCUT2D eigenvalue weighted by molar-refractivity contribution is 8.01. The molecule has 0 spiro atoms. The maximum Gasteiger partial charge on any atom is 0.234 e. The fourth-order valence-corrected chi connectivity index (χ4v) is 4.56. The molecule has 31 heavy (non-hydrogen) atoms. The van der Waals surface area contributed by atoms with Gasteiger partial charge in [-0.1, -0.05) is 71.6 Å². The van der Waals surface area contributed by atoms with Crippen LogP contribution in [0, 0.1) is 5.82 Å². The first-order valence-corrected chi connectivity index (χ1v) is 11.2. The summed E-state index contributed by atoms with van der Waals surface area (Å²) in [5.41, 5.74) is 1.33. The largest absolute Gasteiger partial charge is 0.325 e. The molecule has 4 aromatic rings. The third kappa shape index (κ3) is 5.65. The lowest BCUT2D eigenvalue weighted by Gasteiger charge is -2.06. The maximum atomic E-state index is 13.2. The van der Waals surface area contributed by atoms with Gasteiger partial charge in [0.05, 0.1) is 12.2 Å². The molecule has 156 valence electrons. The van der Waals surface area contributed by atoms with Crippen LogP contribution in [0.1, 0.15) is 5.56 Å². The molecule has 0 aliphatic carbocycles. The van der Waals surface area contributed by atoms with Gasteiger partial charge in [-0.2, -0.15) is 0 Å². The van der Waals surface area contributed by atoms with Crippen molar-refractivity contribution in [1.82, 2.24) is 10.2 Å². The van der Waals surface area contributed by atoms with E-state index in [9.17, 15) is 14.0 Å². The van der Waals surface area contributed by atoms with Gasteiger partial charge in [0.1, 0.15) is 5.82 Å². The van der Waals surface area contributed by atoms with Gasteiger partial charge in [-0.25, -0.2) is 4.39 Å². The lowest BCUT2D eigenvalue weighted by Crippen LogP contribution is -2.14. The van der Waals surface area contributed by atoms with Gasteiger partial charge in [-0.3, -0.25) is 9.59 Å². The second-order valence-corrected chi connectivity index (χ2v) is 8.78. The second-order valence-electron chi connectivity index (χ2n) is 6.58. The molecular formula is C22H17FN4O2S2. The van der Waals surface area contributed by atoms with Gasteiger partial charge in [0.15, 0.2) is 4.34 Å². The van der Waals surface area contributed by atoms with Gasteiger partial charge < -0.3 is 10.6 Å². The normalized spacial score (nSPS) is 10.7. The van der Waals surface area contributed by atoms with E-state index in [4.69, 9.17) is 0 Å². The molecule has 0 fully saturated rings. The highest BCUT2D eigenvalue weighted by atomic mass is 32.2. The minimum absolute atomic E-state index is 0.0924. The van der Waals surface area contributed by atoms with Gasteiger partial charge in [-0.05, 0) is 34.5 Å². The molecule has 0 atom stereocenters. The van der Waals surface area contributed by atoms with Crippen molar-refractivity contribution < 1.29 is 14.0 Å². The number of amides is 2. The first kappa shape index (κ1) is 21.0. The predicted octanol–water partition coefficient (Wildman–Crippen LogP) is 4.74. The molecule has 3 aromatic carbocycles. The molecule has 9 heteroatoms. The van der Waals surface area contributed by atoms with E-state index in [0.29, 0.717) is 15.2 Å². The van der Waals surface area contributed by atoms with Crippen LogP contribution in [0.4, 0.5) is 15.2 Å². The van der Waals surface area contributed by atoms with Crippen LogP contribution in [0.15, 0.2) is 71.1 Å². The van der Waals surface area contributed by atoms with Gasteiger partial charge in [0.2, 0.25) is 16.9 Å². The molecule has 4 rings (SSSR count). The fraction of sp³-hybridized carbons (Fsp3) is 0.0909. The summed E-state index contributed by atoms with van der Waals surface area (Å²) in [5, 5.41) is 15.8. The average molecular weight is 453 g/mol. The van der Waals surface area contributed by atoms with Crippen LogP contribution in [-0.2, 0) is 16.0 Å². The summed E-state index contributed by atoms with van der Waals surface area (Å²) in [6, 6.07) is 19.5. The second kappa shape index (κ2) is 9.67. The first-order valence-electron chi connectivity index (χ1n) is 9.35. The quantitative estimate of drug-likeness (QED) is 0.313. The van der Waals surface area contributed by atoms with E-state index in [1.165, 1.54) is 41.3 Å². The number of aromatic nitrogens is 2. The summed E-state index contributed by atoms with van der Waals surface area (Å²) in [4.78, 5) is 24.5. The van der Waals surface area contributed by atoms with Crippen LogP contribution < -0.4 is 10.6 Å². The summed E-state index contributed by atoms with van der Waals surface area (Å²) in [6.07, 6.45) is 0.222. The SMILES string of the molecule is O=C(CSc1nnc(NC(=O)Cc2cccc3ccccc23)s1)Nc1cccc(F)c1. The Labute approximate surface area is 185 Å². The van der Waals surface area contributed by atoms with Crippen molar-refractivity contribution in [2.24, 2.45) is 0 Å². The summed E-state index contributed by atoms with van der Waals surface area (Å²) in [7, 11) is 0. The van der Waals surface area contributed by atoms with Crippen LogP contribution in [0.5, 0.6) is 0 Å². The number of nitrogens with zero attached hydrogens (tertiary/aromatic N) is 2. The fourth-order valence-electron chi connectivity index (χ4n) is 2.99. The summed E-state index contributed by atoms with van der Waals surface area (Å²) >= 11 is 2.39. The molecule has 0 saturated carbocycles. The number of anilines is 2. The van der Waals surface area contributed by atoms with E-state index in [1.54, 1.807) is 6.07 Å². The minimum atomic E-state index is -0.418. The van der Waals surface area contributed by atoms with Gasteiger partial charge in [0.25, 0.3) is 0 Å². The number of benzene rings is 3. The number of fused-ring (bicyclic) bond motifs is 1. The number of carbonyl (C=O) groups is 2. The van der Waals surface area contributed by atoms with Gasteiger partial charge >= 0.3 is 0 Å². The Morgan fingerprint density at radius 1 is 0.935 bits per heavy atom. The molecule has 0 aliphatic rings. The monoisotopic (exact) mass is 452 g/mol. The molecule has 2 amide bonds. The Balaban J connectivity index is 1.30. The summed E-state index contributed by atoms with van der Waals surface area (Å²) < 4.78 is 13.7. The van der Waals surface area contributed by atoms with Gasteiger partial charge in [-0.15, -0.1) is 10.2 Å². The number of rotatable bonds is 7. The van der Waals surface area contributed by atoms with Crippen molar-refractivity contribution in [1.29, 1.82) is 0 Å². The zero-order valence-electron chi connectivity index (χ0n) is 16.2. The Morgan fingerprint density at radius 2 is 1.74 bits per heavy atom. The van der Waals surface area contributed by atoms with Crippen molar-refractivity contribution in [2.75, 3.05) is 16.4 Å². The molecular weight excluding hydrogens is 435 g/mol. The molecule has 1 aromatic heterocycles. The number of hydrogen-bond acceptors (Lipinski definition) is 6. The van der Waals surface area contributed by atoms with Crippen molar-refractivity contribution in [2.45, 2.75) is 10.8 Å². The van der Waals surface area contributed by atoms with E-state index in [1.807, 2.05) is 42.5 Å². The molecule has 2 N–H and O–H groups in total. The van der Waals surface area contributed by atoms with Gasteiger partial charge in [0, 0.05) is 5.69 Å². The van der Waals surface area contributed by atoms with Crippen LogP contribution in [0.3, 0.4) is 0 Å². The Kier molecular flexibility index (Phi) is 6.54. The van der Waals surface area contributed by atoms with E-state index in [0.717, 1.165) is 16.3 Å². The number of nitrogens with one attached hydrogen (secondary N) is 2. The highest BCUT2D eigenvalue weighted by Gasteiger charge is 2.12.